The molecule has 0 spiro atoms. The molecule has 26 heavy (non-hydrogen) atoms. The van der Waals surface area contributed by atoms with E-state index in [0.29, 0.717) is 30.8 Å². The fourth-order valence-electron chi connectivity index (χ4n) is 5.05. The third-order valence-corrected chi connectivity index (χ3v) is 6.43. The molecular formula is C20H30N4O2. The molecule has 0 aromatic carbocycles. The molecule has 142 valence electrons. The summed E-state index contributed by atoms with van der Waals surface area (Å²) in [6, 6.07) is 0. The van der Waals surface area contributed by atoms with E-state index < -0.39 is 0 Å². The third kappa shape index (κ3) is 3.51. The first-order chi connectivity index (χ1) is 12.6. The molecule has 1 saturated carbocycles. The van der Waals surface area contributed by atoms with Crippen LogP contribution in [0, 0.1) is 11.8 Å². The second-order valence-corrected chi connectivity index (χ2v) is 8.27. The summed E-state index contributed by atoms with van der Waals surface area (Å²) in [7, 11) is 0. The molecule has 0 unspecified atom stereocenters. The molecule has 2 aliphatic carbocycles. The van der Waals surface area contributed by atoms with Crippen LogP contribution in [0.15, 0.2) is 6.20 Å². The standard InChI is InChI=1S/C20H30N4O2/c1-14(25)21-9-10-24-12-17-8-7-16-11-23(13-18(16)19(17)22-24)20(26)15-5-3-2-4-6-15/h12,15-16,18H,2-11,13H2,1H3,(H,21,25)/t16-,18+/m1/s1. The zero-order valence-corrected chi connectivity index (χ0v) is 15.7. The SMILES string of the molecule is CC(=O)NCCn1cc2c(n1)[C@H]1CN(C(=O)C3CCCCC3)C[C@H]1CC2. The quantitative estimate of drug-likeness (QED) is 0.896. The summed E-state index contributed by atoms with van der Waals surface area (Å²) < 4.78 is 1.97. The molecule has 6 nitrogen and oxygen atoms in total. The van der Waals surface area contributed by atoms with Crippen LogP contribution >= 0.6 is 0 Å². The van der Waals surface area contributed by atoms with Gasteiger partial charge in [0.25, 0.3) is 0 Å². The fraction of sp³-hybridized carbons (Fsp3) is 0.750. The summed E-state index contributed by atoms with van der Waals surface area (Å²) in [4.78, 5) is 26.1. The first-order valence-corrected chi connectivity index (χ1v) is 10.2. The lowest BCUT2D eigenvalue weighted by Crippen LogP contribution is -2.35. The zero-order valence-electron chi connectivity index (χ0n) is 15.7. The number of nitrogens with one attached hydrogen (secondary N) is 1. The van der Waals surface area contributed by atoms with E-state index in [9.17, 15) is 9.59 Å². The molecule has 1 aliphatic heterocycles. The minimum atomic E-state index is -0.00496. The van der Waals surface area contributed by atoms with E-state index in [0.717, 1.165) is 38.8 Å². The van der Waals surface area contributed by atoms with Gasteiger partial charge in [0.1, 0.15) is 0 Å². The third-order valence-electron chi connectivity index (χ3n) is 6.43. The van der Waals surface area contributed by atoms with Gasteiger partial charge in [0.2, 0.25) is 11.8 Å². The second-order valence-electron chi connectivity index (χ2n) is 8.27. The number of fused-ring (bicyclic) bond motifs is 3. The van der Waals surface area contributed by atoms with Crippen molar-refractivity contribution in [2.75, 3.05) is 19.6 Å². The Morgan fingerprint density at radius 3 is 2.77 bits per heavy atom. The lowest BCUT2D eigenvalue weighted by Gasteiger charge is -2.26. The van der Waals surface area contributed by atoms with E-state index >= 15 is 0 Å². The minimum absolute atomic E-state index is 0.00496. The number of likely N-dealkylation sites (tertiary alicyclic amines) is 1. The number of aryl methyl sites for hydroxylation is 1. The van der Waals surface area contributed by atoms with Crippen molar-refractivity contribution >= 4 is 11.8 Å². The Hall–Kier alpha value is -1.85. The van der Waals surface area contributed by atoms with Crippen LogP contribution < -0.4 is 5.32 Å². The van der Waals surface area contributed by atoms with Gasteiger partial charge in [-0.2, -0.15) is 5.10 Å². The Morgan fingerprint density at radius 2 is 2.00 bits per heavy atom. The van der Waals surface area contributed by atoms with Crippen LogP contribution in [0.3, 0.4) is 0 Å². The Bertz CT molecular complexity index is 677. The molecule has 1 aromatic rings. The number of carbonyl (C=O) groups excluding carboxylic acids is 2. The van der Waals surface area contributed by atoms with Gasteiger partial charge in [-0.15, -0.1) is 0 Å². The molecule has 2 atom stereocenters. The summed E-state index contributed by atoms with van der Waals surface area (Å²) in [5, 5.41) is 7.65. The van der Waals surface area contributed by atoms with Crippen molar-refractivity contribution in [1.82, 2.24) is 20.0 Å². The highest BCUT2D eigenvalue weighted by molar-refractivity contribution is 5.79. The molecule has 0 bridgehead atoms. The molecule has 1 saturated heterocycles. The Labute approximate surface area is 155 Å². The molecular weight excluding hydrogens is 328 g/mol. The van der Waals surface area contributed by atoms with Crippen LogP contribution in [0.4, 0.5) is 0 Å². The van der Waals surface area contributed by atoms with Gasteiger partial charge in [-0.3, -0.25) is 14.3 Å². The van der Waals surface area contributed by atoms with E-state index in [4.69, 9.17) is 5.10 Å². The lowest BCUT2D eigenvalue weighted by molar-refractivity contribution is -0.135. The number of hydrogen-bond donors (Lipinski definition) is 1. The predicted molar refractivity (Wildman–Crippen MR) is 98.6 cm³/mol. The Kier molecular flexibility index (Phi) is 5.00. The van der Waals surface area contributed by atoms with E-state index in [1.165, 1.54) is 37.4 Å². The van der Waals surface area contributed by atoms with Gasteiger partial charge in [0, 0.05) is 44.6 Å². The first-order valence-electron chi connectivity index (χ1n) is 10.2. The smallest absolute Gasteiger partial charge is 0.225 e. The van der Waals surface area contributed by atoms with Gasteiger partial charge >= 0.3 is 0 Å². The van der Waals surface area contributed by atoms with Gasteiger partial charge in [-0.1, -0.05) is 19.3 Å². The zero-order chi connectivity index (χ0) is 18.1. The van der Waals surface area contributed by atoms with Gasteiger partial charge in [0.05, 0.1) is 12.2 Å². The summed E-state index contributed by atoms with van der Waals surface area (Å²) >= 11 is 0. The van der Waals surface area contributed by atoms with E-state index in [2.05, 4.69) is 16.4 Å². The van der Waals surface area contributed by atoms with E-state index in [1.54, 1.807) is 0 Å². The average molecular weight is 358 g/mol. The van der Waals surface area contributed by atoms with E-state index in [1.807, 2.05) is 4.68 Å². The van der Waals surface area contributed by atoms with Gasteiger partial charge < -0.3 is 10.2 Å². The number of amides is 2. The van der Waals surface area contributed by atoms with Gasteiger partial charge in [-0.25, -0.2) is 0 Å². The van der Waals surface area contributed by atoms with Crippen LogP contribution in [0.1, 0.15) is 62.6 Å². The van der Waals surface area contributed by atoms with Crippen molar-refractivity contribution in [2.45, 2.75) is 64.3 Å². The number of aromatic nitrogens is 2. The number of hydrogen-bond acceptors (Lipinski definition) is 3. The molecule has 1 aromatic heterocycles. The van der Waals surface area contributed by atoms with Crippen molar-refractivity contribution in [1.29, 1.82) is 0 Å². The molecule has 6 heteroatoms. The second kappa shape index (κ2) is 7.41. The largest absolute Gasteiger partial charge is 0.354 e. The monoisotopic (exact) mass is 358 g/mol. The summed E-state index contributed by atoms with van der Waals surface area (Å²) in [5.74, 6) is 1.61. The number of carbonyl (C=O) groups is 2. The average Bonchev–Trinajstić information content (AvgIpc) is 3.24. The highest BCUT2D eigenvalue weighted by Gasteiger charge is 2.42. The maximum absolute atomic E-state index is 12.9. The number of rotatable bonds is 4. The van der Waals surface area contributed by atoms with E-state index in [-0.39, 0.29) is 11.8 Å². The fourth-order valence-corrected chi connectivity index (χ4v) is 5.05. The van der Waals surface area contributed by atoms with Crippen LogP contribution in [0.5, 0.6) is 0 Å². The molecule has 3 aliphatic rings. The number of nitrogens with zero attached hydrogens (tertiary/aromatic N) is 3. The molecule has 4 rings (SSSR count). The van der Waals surface area contributed by atoms with Crippen LogP contribution in [0.25, 0.3) is 0 Å². The molecule has 0 radical (unpaired) electrons. The summed E-state index contributed by atoms with van der Waals surface area (Å²) in [6.07, 6.45) is 10.2. The van der Waals surface area contributed by atoms with Gasteiger partial charge in [0.15, 0.2) is 0 Å². The van der Waals surface area contributed by atoms with Crippen molar-refractivity contribution in [3.8, 4) is 0 Å². The van der Waals surface area contributed by atoms with Crippen LogP contribution in [0.2, 0.25) is 0 Å². The molecule has 2 heterocycles. The summed E-state index contributed by atoms with van der Waals surface area (Å²) in [6.45, 7) is 4.61. The van der Waals surface area contributed by atoms with Crippen molar-refractivity contribution in [3.63, 3.8) is 0 Å². The highest BCUT2D eigenvalue weighted by atomic mass is 16.2. The Morgan fingerprint density at radius 1 is 1.19 bits per heavy atom. The molecule has 1 N–H and O–H groups in total. The lowest BCUT2D eigenvalue weighted by atomic mass is 9.81. The maximum Gasteiger partial charge on any atom is 0.225 e. The maximum atomic E-state index is 12.9. The van der Waals surface area contributed by atoms with Crippen molar-refractivity contribution < 1.29 is 9.59 Å². The molecule has 2 fully saturated rings. The van der Waals surface area contributed by atoms with Crippen LogP contribution in [-0.2, 0) is 22.6 Å². The predicted octanol–water partition coefficient (Wildman–Crippen LogP) is 2.09. The first kappa shape index (κ1) is 17.6. The van der Waals surface area contributed by atoms with Crippen molar-refractivity contribution in [2.24, 2.45) is 11.8 Å². The summed E-state index contributed by atoms with van der Waals surface area (Å²) in [5.41, 5.74) is 2.53. The van der Waals surface area contributed by atoms with Crippen LogP contribution in [-0.4, -0.2) is 46.1 Å². The normalized spacial score (nSPS) is 25.7. The van der Waals surface area contributed by atoms with Crippen molar-refractivity contribution in [3.05, 3.63) is 17.5 Å². The molecule has 2 amide bonds. The minimum Gasteiger partial charge on any atom is -0.354 e. The van der Waals surface area contributed by atoms with Gasteiger partial charge in [-0.05, 0) is 37.2 Å². The topological polar surface area (TPSA) is 67.2 Å². The highest BCUT2D eigenvalue weighted by Crippen LogP contribution is 2.41. The Balaban J connectivity index is 1.42.